The van der Waals surface area contributed by atoms with Crippen LogP contribution in [0.25, 0.3) is 0 Å². The summed E-state index contributed by atoms with van der Waals surface area (Å²) in [6, 6.07) is 0. The lowest BCUT2D eigenvalue weighted by atomic mass is 9.83. The van der Waals surface area contributed by atoms with E-state index in [1.54, 1.807) is 0 Å². The maximum Gasteiger partial charge on any atom is 0.0620 e. The van der Waals surface area contributed by atoms with Crippen molar-refractivity contribution in [3.63, 3.8) is 0 Å². The normalized spacial score (nSPS) is 18.7. The number of ether oxygens (including phenoxy) is 1. The van der Waals surface area contributed by atoms with Crippen molar-refractivity contribution in [1.29, 1.82) is 0 Å². The lowest BCUT2D eigenvalue weighted by Gasteiger charge is -2.37. The van der Waals surface area contributed by atoms with Crippen LogP contribution in [0.4, 0.5) is 0 Å². The monoisotopic (exact) mass is 245 g/mol. The van der Waals surface area contributed by atoms with Gasteiger partial charge in [0.1, 0.15) is 0 Å². The van der Waals surface area contributed by atoms with Crippen LogP contribution in [-0.4, -0.2) is 48.5 Å². The fourth-order valence-corrected chi connectivity index (χ4v) is 2.20. The van der Waals surface area contributed by atoms with E-state index in [2.05, 4.69) is 4.90 Å². The molecule has 1 heterocycles. The van der Waals surface area contributed by atoms with Crippen molar-refractivity contribution in [2.45, 2.75) is 53.1 Å². The van der Waals surface area contributed by atoms with Crippen LogP contribution in [0.2, 0.25) is 0 Å². The zero-order valence-electron chi connectivity index (χ0n) is 12.3. The minimum absolute atomic E-state index is 0.459. The summed E-state index contributed by atoms with van der Waals surface area (Å²) in [5.74, 6) is 0.459. The van der Waals surface area contributed by atoms with Crippen LogP contribution >= 0.6 is 0 Å². The molecule has 1 fully saturated rings. The van der Waals surface area contributed by atoms with E-state index in [-0.39, 0.29) is 0 Å². The van der Waals surface area contributed by atoms with Crippen molar-refractivity contribution >= 4 is 0 Å². The molecule has 1 N–H and O–H groups in total. The van der Waals surface area contributed by atoms with Crippen molar-refractivity contribution in [2.75, 3.05) is 32.8 Å². The molecule has 0 unspecified atom stereocenters. The molecule has 0 aromatic carbocycles. The molecule has 0 aromatic rings. The Morgan fingerprint density at radius 2 is 1.76 bits per heavy atom. The van der Waals surface area contributed by atoms with Crippen LogP contribution in [0.15, 0.2) is 0 Å². The van der Waals surface area contributed by atoms with E-state index in [0.717, 1.165) is 45.7 Å². The molecule has 0 spiro atoms. The van der Waals surface area contributed by atoms with Gasteiger partial charge in [0.15, 0.2) is 0 Å². The van der Waals surface area contributed by atoms with E-state index in [0.29, 0.717) is 5.92 Å². The van der Waals surface area contributed by atoms with E-state index < -0.39 is 5.60 Å². The molecule has 0 aliphatic carbocycles. The topological polar surface area (TPSA) is 32.7 Å². The summed E-state index contributed by atoms with van der Waals surface area (Å²) in [6.45, 7) is 14.8. The quantitative estimate of drug-likeness (QED) is 0.756. The van der Waals surface area contributed by atoms with Crippen molar-refractivity contribution in [3.05, 3.63) is 0 Å². The third kappa shape index (κ3) is 7.02. The van der Waals surface area contributed by atoms with Crippen LogP contribution in [0.1, 0.15) is 47.5 Å². The highest BCUT2D eigenvalue weighted by molar-refractivity contribution is 4.82. The van der Waals surface area contributed by atoms with Crippen molar-refractivity contribution in [1.82, 2.24) is 4.90 Å². The molecule has 1 saturated heterocycles. The first-order chi connectivity index (χ1) is 8.04. The number of hydrogen-bond donors (Lipinski definition) is 1. The second kappa shape index (κ2) is 8.90. The van der Waals surface area contributed by atoms with Gasteiger partial charge in [-0.05, 0) is 52.6 Å². The van der Waals surface area contributed by atoms with E-state index >= 15 is 0 Å². The Balaban J connectivity index is 0.00000121. The molecule has 0 amide bonds. The summed E-state index contributed by atoms with van der Waals surface area (Å²) in [6.07, 6.45) is 2.21. The number of aliphatic hydroxyl groups is 1. The average Bonchev–Trinajstić information content (AvgIpc) is 2.32. The number of rotatable bonds is 5. The molecule has 17 heavy (non-hydrogen) atoms. The zero-order chi connectivity index (χ0) is 13.3. The van der Waals surface area contributed by atoms with Crippen LogP contribution < -0.4 is 0 Å². The molecule has 0 saturated carbocycles. The fraction of sp³-hybridized carbons (Fsp3) is 1.00. The van der Waals surface area contributed by atoms with Gasteiger partial charge in [-0.1, -0.05) is 13.8 Å². The highest BCUT2D eigenvalue weighted by Crippen LogP contribution is 2.27. The van der Waals surface area contributed by atoms with Crippen LogP contribution in [-0.2, 0) is 4.74 Å². The van der Waals surface area contributed by atoms with Crippen molar-refractivity contribution in [3.8, 4) is 0 Å². The van der Waals surface area contributed by atoms with Gasteiger partial charge in [-0.2, -0.15) is 0 Å². The van der Waals surface area contributed by atoms with E-state index in [9.17, 15) is 5.11 Å². The standard InChI is InChI=1S/C12H25NO2.C2H6/c1-4-15-10-9-13-7-5-11(6-8-13)12(2,3)14;1-2/h11,14H,4-10H2,1-3H3;1-2H3. The molecular formula is C14H31NO2. The minimum atomic E-state index is -0.508. The molecule has 3 heteroatoms. The largest absolute Gasteiger partial charge is 0.390 e. The van der Waals surface area contributed by atoms with E-state index in [1.807, 2.05) is 34.6 Å². The summed E-state index contributed by atoms with van der Waals surface area (Å²) >= 11 is 0. The van der Waals surface area contributed by atoms with Crippen LogP contribution in [0.3, 0.4) is 0 Å². The minimum Gasteiger partial charge on any atom is -0.390 e. The van der Waals surface area contributed by atoms with Crippen molar-refractivity contribution < 1.29 is 9.84 Å². The Morgan fingerprint density at radius 1 is 1.24 bits per heavy atom. The Bertz CT molecular complexity index is 170. The number of piperidine rings is 1. The van der Waals surface area contributed by atoms with Gasteiger partial charge in [-0.25, -0.2) is 0 Å². The smallest absolute Gasteiger partial charge is 0.0620 e. The first kappa shape index (κ1) is 16.9. The first-order valence-electron chi connectivity index (χ1n) is 7.06. The van der Waals surface area contributed by atoms with Gasteiger partial charge in [-0.15, -0.1) is 0 Å². The summed E-state index contributed by atoms with van der Waals surface area (Å²) in [5.41, 5.74) is -0.508. The maximum atomic E-state index is 9.90. The molecule has 0 radical (unpaired) electrons. The van der Waals surface area contributed by atoms with E-state index in [1.165, 1.54) is 0 Å². The summed E-state index contributed by atoms with van der Waals surface area (Å²) in [5, 5.41) is 9.90. The predicted molar refractivity (Wildman–Crippen MR) is 73.3 cm³/mol. The molecule has 3 nitrogen and oxygen atoms in total. The van der Waals surface area contributed by atoms with Gasteiger partial charge in [0.2, 0.25) is 0 Å². The second-order valence-electron chi connectivity index (χ2n) is 4.97. The zero-order valence-corrected chi connectivity index (χ0v) is 12.3. The molecule has 0 aromatic heterocycles. The van der Waals surface area contributed by atoms with Crippen molar-refractivity contribution in [2.24, 2.45) is 5.92 Å². The third-order valence-electron chi connectivity index (χ3n) is 3.34. The Kier molecular flexibility index (Phi) is 8.83. The highest BCUT2D eigenvalue weighted by Gasteiger charge is 2.30. The number of likely N-dealkylation sites (tertiary alicyclic amines) is 1. The summed E-state index contributed by atoms with van der Waals surface area (Å²) < 4.78 is 5.34. The molecule has 1 aliphatic heterocycles. The SMILES string of the molecule is CC.CCOCCN1CCC(C(C)(C)O)CC1. The summed E-state index contributed by atoms with van der Waals surface area (Å²) in [4.78, 5) is 2.43. The Morgan fingerprint density at radius 3 is 2.18 bits per heavy atom. The first-order valence-corrected chi connectivity index (χ1v) is 7.06. The van der Waals surface area contributed by atoms with Crippen LogP contribution in [0.5, 0.6) is 0 Å². The molecule has 104 valence electrons. The molecule has 0 atom stereocenters. The number of hydrogen-bond acceptors (Lipinski definition) is 3. The predicted octanol–water partition coefficient (Wildman–Crippen LogP) is 2.53. The van der Waals surface area contributed by atoms with Gasteiger partial charge < -0.3 is 14.7 Å². The van der Waals surface area contributed by atoms with Gasteiger partial charge in [-0.3, -0.25) is 0 Å². The lowest BCUT2D eigenvalue weighted by molar-refractivity contribution is -0.0158. The average molecular weight is 245 g/mol. The highest BCUT2D eigenvalue weighted by atomic mass is 16.5. The molecule has 1 rings (SSSR count). The second-order valence-corrected chi connectivity index (χ2v) is 4.97. The van der Waals surface area contributed by atoms with Gasteiger partial charge >= 0.3 is 0 Å². The number of nitrogens with zero attached hydrogens (tertiary/aromatic N) is 1. The summed E-state index contributed by atoms with van der Waals surface area (Å²) in [7, 11) is 0. The molecule has 1 aliphatic rings. The Hall–Kier alpha value is -0.120. The third-order valence-corrected chi connectivity index (χ3v) is 3.34. The molecular weight excluding hydrogens is 214 g/mol. The molecule has 0 bridgehead atoms. The lowest BCUT2D eigenvalue weighted by Crippen LogP contribution is -2.42. The fourth-order valence-electron chi connectivity index (χ4n) is 2.20. The Labute approximate surface area is 107 Å². The van der Waals surface area contributed by atoms with Gasteiger partial charge in [0.25, 0.3) is 0 Å². The van der Waals surface area contributed by atoms with E-state index in [4.69, 9.17) is 4.74 Å². The van der Waals surface area contributed by atoms with Gasteiger partial charge in [0.05, 0.1) is 12.2 Å². The van der Waals surface area contributed by atoms with Gasteiger partial charge in [0, 0.05) is 13.2 Å². The van der Waals surface area contributed by atoms with Crippen LogP contribution in [0, 0.1) is 5.92 Å². The maximum absolute atomic E-state index is 9.90.